The number of fused-ring (bicyclic) bond motifs is 2. The van der Waals surface area contributed by atoms with Gasteiger partial charge in [0.1, 0.15) is 0 Å². The highest BCUT2D eigenvalue weighted by atomic mass is 16.4. The Morgan fingerprint density at radius 3 is 2.84 bits per heavy atom. The van der Waals surface area contributed by atoms with Crippen molar-refractivity contribution in [1.82, 2.24) is 4.98 Å². The number of carbonyl (C=O) groups is 1. The van der Waals surface area contributed by atoms with Crippen molar-refractivity contribution >= 4 is 16.9 Å². The lowest BCUT2D eigenvalue weighted by atomic mass is 9.88. The molecule has 0 spiro atoms. The van der Waals surface area contributed by atoms with Crippen LogP contribution in [0.3, 0.4) is 0 Å². The van der Waals surface area contributed by atoms with Crippen LogP contribution in [-0.4, -0.2) is 16.1 Å². The van der Waals surface area contributed by atoms with Crippen molar-refractivity contribution in [3.05, 3.63) is 41.1 Å². The molecule has 3 rings (SSSR count). The average Bonchev–Trinajstić information content (AvgIpc) is 2.43. The van der Waals surface area contributed by atoms with E-state index in [0.717, 1.165) is 23.7 Å². The minimum Gasteiger partial charge on any atom is -0.481 e. The van der Waals surface area contributed by atoms with Gasteiger partial charge >= 0.3 is 5.97 Å². The summed E-state index contributed by atoms with van der Waals surface area (Å²) < 4.78 is 0. The van der Waals surface area contributed by atoms with Crippen molar-refractivity contribution in [1.29, 1.82) is 0 Å². The Kier molecular flexibility index (Phi) is 3.20. The van der Waals surface area contributed by atoms with E-state index in [2.05, 4.69) is 6.07 Å². The second kappa shape index (κ2) is 5.00. The number of hydrogen-bond acceptors (Lipinski definition) is 2. The highest BCUT2D eigenvalue weighted by molar-refractivity contribution is 5.84. The van der Waals surface area contributed by atoms with Gasteiger partial charge in [-0.3, -0.25) is 9.78 Å². The van der Waals surface area contributed by atoms with E-state index in [-0.39, 0.29) is 6.42 Å². The van der Waals surface area contributed by atoms with Crippen LogP contribution in [0.25, 0.3) is 10.9 Å². The summed E-state index contributed by atoms with van der Waals surface area (Å²) in [6, 6.07) is 8.08. The van der Waals surface area contributed by atoms with Gasteiger partial charge in [-0.1, -0.05) is 18.2 Å². The predicted molar refractivity (Wildman–Crippen MR) is 74.3 cm³/mol. The molecule has 0 bridgehead atoms. The number of para-hydroxylation sites is 1. The van der Waals surface area contributed by atoms with Gasteiger partial charge in [0.05, 0.1) is 5.52 Å². The smallest absolute Gasteiger partial charge is 0.303 e. The van der Waals surface area contributed by atoms with Gasteiger partial charge in [0, 0.05) is 17.5 Å². The summed E-state index contributed by atoms with van der Waals surface area (Å²) in [4.78, 5) is 15.6. The van der Waals surface area contributed by atoms with Gasteiger partial charge in [0.15, 0.2) is 0 Å². The van der Waals surface area contributed by atoms with Gasteiger partial charge < -0.3 is 5.11 Å². The number of aliphatic carboxylic acids is 1. The van der Waals surface area contributed by atoms with E-state index in [1.54, 1.807) is 0 Å². The van der Waals surface area contributed by atoms with Crippen LogP contribution in [0.5, 0.6) is 0 Å². The molecule has 1 aromatic carbocycles. The molecule has 98 valence electrons. The summed E-state index contributed by atoms with van der Waals surface area (Å²) >= 11 is 0. The normalized spacial score (nSPS) is 14.3. The van der Waals surface area contributed by atoms with E-state index < -0.39 is 5.97 Å². The first-order chi connectivity index (χ1) is 9.25. The van der Waals surface area contributed by atoms with E-state index in [1.807, 2.05) is 18.2 Å². The first kappa shape index (κ1) is 12.2. The minimum atomic E-state index is -0.731. The van der Waals surface area contributed by atoms with Crippen LogP contribution in [0.1, 0.15) is 36.1 Å². The van der Waals surface area contributed by atoms with Gasteiger partial charge in [-0.25, -0.2) is 0 Å². The maximum absolute atomic E-state index is 10.9. The lowest BCUT2D eigenvalue weighted by Gasteiger charge is -2.20. The first-order valence-corrected chi connectivity index (χ1v) is 6.87. The van der Waals surface area contributed by atoms with Crippen LogP contribution >= 0.6 is 0 Å². The van der Waals surface area contributed by atoms with Crippen LogP contribution < -0.4 is 0 Å². The average molecular weight is 255 g/mol. The Morgan fingerprint density at radius 2 is 2.00 bits per heavy atom. The second-order valence-electron chi connectivity index (χ2n) is 5.13. The number of aromatic nitrogens is 1. The van der Waals surface area contributed by atoms with Crippen molar-refractivity contribution in [3.63, 3.8) is 0 Å². The molecule has 2 aromatic rings. The summed E-state index contributed by atoms with van der Waals surface area (Å²) in [6.07, 6.45) is 5.26. The molecule has 0 radical (unpaired) electrons. The maximum Gasteiger partial charge on any atom is 0.303 e. The molecule has 0 amide bonds. The summed E-state index contributed by atoms with van der Waals surface area (Å²) in [5.41, 5.74) is 4.71. The van der Waals surface area contributed by atoms with Gasteiger partial charge in [-0.2, -0.15) is 0 Å². The third kappa shape index (κ3) is 2.33. The first-order valence-electron chi connectivity index (χ1n) is 6.87. The molecule has 1 heterocycles. The molecule has 0 fully saturated rings. The van der Waals surface area contributed by atoms with E-state index in [1.165, 1.54) is 29.7 Å². The number of carboxylic acids is 1. The Morgan fingerprint density at radius 1 is 1.21 bits per heavy atom. The number of pyridine rings is 1. The van der Waals surface area contributed by atoms with E-state index in [9.17, 15) is 4.79 Å². The monoisotopic (exact) mass is 255 g/mol. The highest BCUT2D eigenvalue weighted by Gasteiger charge is 2.18. The van der Waals surface area contributed by atoms with Crippen LogP contribution in [-0.2, 0) is 24.1 Å². The summed E-state index contributed by atoms with van der Waals surface area (Å²) in [5.74, 6) is -0.731. The maximum atomic E-state index is 10.9. The number of hydrogen-bond donors (Lipinski definition) is 1. The van der Waals surface area contributed by atoms with Crippen molar-refractivity contribution < 1.29 is 9.90 Å². The van der Waals surface area contributed by atoms with Crippen molar-refractivity contribution in [2.24, 2.45) is 0 Å². The van der Waals surface area contributed by atoms with Crippen LogP contribution in [0.15, 0.2) is 24.3 Å². The van der Waals surface area contributed by atoms with Gasteiger partial charge in [-0.15, -0.1) is 0 Å². The van der Waals surface area contributed by atoms with Crippen LogP contribution in [0.2, 0.25) is 0 Å². The molecule has 19 heavy (non-hydrogen) atoms. The zero-order valence-corrected chi connectivity index (χ0v) is 10.9. The lowest BCUT2D eigenvalue weighted by molar-refractivity contribution is -0.136. The van der Waals surface area contributed by atoms with Gasteiger partial charge in [-0.05, 0) is 49.3 Å². The number of benzene rings is 1. The quantitative estimate of drug-likeness (QED) is 0.916. The minimum absolute atomic E-state index is 0.195. The number of carboxylic acid groups (broad SMARTS) is 1. The van der Waals surface area contributed by atoms with Crippen LogP contribution in [0, 0.1) is 0 Å². The topological polar surface area (TPSA) is 50.2 Å². The van der Waals surface area contributed by atoms with Crippen LogP contribution in [0.4, 0.5) is 0 Å². The Balaban J connectivity index is 2.16. The molecule has 3 heteroatoms. The molecule has 1 aliphatic carbocycles. The zero-order chi connectivity index (χ0) is 13.2. The molecule has 0 saturated heterocycles. The standard InChI is InChI=1S/C16H17NO2/c18-16(19)10-9-11-12-5-1-3-7-14(12)17-15-8-4-2-6-13(11)15/h1,3,5,7H,2,4,6,8-10H2,(H,18,19). The molecule has 1 aromatic heterocycles. The molecule has 0 saturated carbocycles. The van der Waals surface area contributed by atoms with Crippen molar-refractivity contribution in [2.45, 2.75) is 38.5 Å². The number of aryl methyl sites for hydroxylation is 2. The Labute approximate surface area is 112 Å². The molecule has 1 aliphatic rings. The highest BCUT2D eigenvalue weighted by Crippen LogP contribution is 2.29. The summed E-state index contributed by atoms with van der Waals surface area (Å²) in [6.45, 7) is 0. The largest absolute Gasteiger partial charge is 0.481 e. The summed E-state index contributed by atoms with van der Waals surface area (Å²) in [5, 5.41) is 10.1. The lowest BCUT2D eigenvalue weighted by Crippen LogP contribution is -2.11. The number of nitrogens with zero attached hydrogens (tertiary/aromatic N) is 1. The molecule has 0 atom stereocenters. The fraction of sp³-hybridized carbons (Fsp3) is 0.375. The molecule has 1 N–H and O–H groups in total. The zero-order valence-electron chi connectivity index (χ0n) is 10.9. The van der Waals surface area contributed by atoms with Crippen molar-refractivity contribution in [3.8, 4) is 0 Å². The third-order valence-corrected chi connectivity index (χ3v) is 3.88. The van der Waals surface area contributed by atoms with E-state index in [0.29, 0.717) is 6.42 Å². The molecule has 0 unspecified atom stereocenters. The van der Waals surface area contributed by atoms with Gasteiger partial charge in [0.2, 0.25) is 0 Å². The fourth-order valence-electron chi connectivity index (χ4n) is 2.99. The molecular weight excluding hydrogens is 238 g/mol. The predicted octanol–water partition coefficient (Wildman–Crippen LogP) is 3.13. The van der Waals surface area contributed by atoms with Gasteiger partial charge in [0.25, 0.3) is 0 Å². The fourth-order valence-corrected chi connectivity index (χ4v) is 2.99. The SMILES string of the molecule is O=C(O)CCc1c2c(nc3ccccc13)CCCC2. The Bertz CT molecular complexity index is 634. The van der Waals surface area contributed by atoms with E-state index in [4.69, 9.17) is 10.1 Å². The summed E-state index contributed by atoms with van der Waals surface area (Å²) in [7, 11) is 0. The third-order valence-electron chi connectivity index (χ3n) is 3.88. The molecular formula is C16H17NO2. The van der Waals surface area contributed by atoms with Crippen molar-refractivity contribution in [2.75, 3.05) is 0 Å². The molecule has 3 nitrogen and oxygen atoms in total. The second-order valence-corrected chi connectivity index (χ2v) is 5.13. The number of rotatable bonds is 3. The van der Waals surface area contributed by atoms with E-state index >= 15 is 0 Å². The molecule has 0 aliphatic heterocycles. The Hall–Kier alpha value is -1.90.